The SMILES string of the molecule is CCSc1ccccc1NCc1cc(Cl)cc(Cl)c1O. The van der Waals surface area contributed by atoms with Crippen LogP contribution in [0.3, 0.4) is 0 Å². The number of thioether (sulfide) groups is 1. The van der Waals surface area contributed by atoms with Crippen LogP contribution in [0.2, 0.25) is 10.0 Å². The van der Waals surface area contributed by atoms with Gasteiger partial charge in [-0.3, -0.25) is 0 Å². The number of halogens is 2. The number of rotatable bonds is 5. The maximum atomic E-state index is 9.94. The van der Waals surface area contributed by atoms with Crippen molar-refractivity contribution >= 4 is 40.7 Å². The maximum absolute atomic E-state index is 9.94. The predicted octanol–water partition coefficient (Wildman–Crippen LogP) is 5.42. The molecule has 0 spiro atoms. The van der Waals surface area contributed by atoms with Crippen LogP contribution in [0.25, 0.3) is 0 Å². The van der Waals surface area contributed by atoms with Gasteiger partial charge in [-0.2, -0.15) is 0 Å². The Labute approximate surface area is 133 Å². The van der Waals surface area contributed by atoms with Crippen LogP contribution < -0.4 is 5.32 Å². The minimum atomic E-state index is 0.0733. The zero-order chi connectivity index (χ0) is 14.5. The second-order valence-electron chi connectivity index (χ2n) is 4.18. The van der Waals surface area contributed by atoms with E-state index < -0.39 is 0 Å². The molecule has 0 saturated heterocycles. The van der Waals surface area contributed by atoms with Crippen molar-refractivity contribution in [1.82, 2.24) is 0 Å². The van der Waals surface area contributed by atoms with Gasteiger partial charge in [-0.05, 0) is 30.0 Å². The van der Waals surface area contributed by atoms with E-state index in [9.17, 15) is 5.11 Å². The van der Waals surface area contributed by atoms with Crippen LogP contribution in [0.1, 0.15) is 12.5 Å². The van der Waals surface area contributed by atoms with Crippen LogP contribution in [-0.2, 0) is 6.54 Å². The van der Waals surface area contributed by atoms with Gasteiger partial charge in [-0.15, -0.1) is 11.8 Å². The van der Waals surface area contributed by atoms with Crippen molar-refractivity contribution < 1.29 is 5.11 Å². The van der Waals surface area contributed by atoms with Crippen LogP contribution in [0.5, 0.6) is 5.75 Å². The maximum Gasteiger partial charge on any atom is 0.139 e. The first-order chi connectivity index (χ1) is 9.61. The van der Waals surface area contributed by atoms with E-state index in [1.165, 1.54) is 11.0 Å². The van der Waals surface area contributed by atoms with Gasteiger partial charge in [0.2, 0.25) is 0 Å². The number of hydrogen-bond donors (Lipinski definition) is 2. The standard InChI is InChI=1S/C15H15Cl2NOS/c1-2-20-14-6-4-3-5-13(14)18-9-10-7-11(16)8-12(17)15(10)19/h3-8,18-19H,2,9H2,1H3. The summed E-state index contributed by atoms with van der Waals surface area (Å²) in [6.45, 7) is 2.58. The molecule has 0 atom stereocenters. The van der Waals surface area contributed by atoms with Crippen molar-refractivity contribution in [2.45, 2.75) is 18.4 Å². The van der Waals surface area contributed by atoms with E-state index in [0.717, 1.165) is 11.4 Å². The molecule has 0 aliphatic carbocycles. The zero-order valence-corrected chi connectivity index (χ0v) is 13.3. The first-order valence-electron chi connectivity index (χ1n) is 6.24. The summed E-state index contributed by atoms with van der Waals surface area (Å²) < 4.78 is 0. The van der Waals surface area contributed by atoms with Crippen molar-refractivity contribution in [3.05, 3.63) is 52.0 Å². The zero-order valence-electron chi connectivity index (χ0n) is 11.0. The third kappa shape index (κ3) is 3.75. The largest absolute Gasteiger partial charge is 0.506 e. The molecule has 2 aromatic rings. The van der Waals surface area contributed by atoms with Crippen LogP contribution >= 0.6 is 35.0 Å². The highest BCUT2D eigenvalue weighted by molar-refractivity contribution is 7.99. The second-order valence-corrected chi connectivity index (χ2v) is 6.33. The topological polar surface area (TPSA) is 32.3 Å². The predicted molar refractivity (Wildman–Crippen MR) is 88.3 cm³/mol. The molecule has 5 heteroatoms. The molecule has 0 aliphatic rings. The van der Waals surface area contributed by atoms with E-state index >= 15 is 0 Å². The molecule has 2 rings (SSSR count). The molecular weight excluding hydrogens is 313 g/mol. The number of hydrogen-bond acceptors (Lipinski definition) is 3. The molecule has 0 aliphatic heterocycles. The highest BCUT2D eigenvalue weighted by atomic mass is 35.5. The Kier molecular flexibility index (Phi) is 5.46. The van der Waals surface area contributed by atoms with E-state index in [0.29, 0.717) is 17.1 Å². The number of phenolic OH excluding ortho intramolecular Hbond substituents is 1. The second kappa shape index (κ2) is 7.11. The Morgan fingerprint density at radius 3 is 2.70 bits per heavy atom. The molecular formula is C15H15Cl2NOS. The number of aromatic hydroxyl groups is 1. The van der Waals surface area contributed by atoms with Gasteiger partial charge in [0.25, 0.3) is 0 Å². The minimum Gasteiger partial charge on any atom is -0.506 e. The summed E-state index contributed by atoms with van der Waals surface area (Å²) in [6.07, 6.45) is 0. The lowest BCUT2D eigenvalue weighted by atomic mass is 10.2. The lowest BCUT2D eigenvalue weighted by molar-refractivity contribution is 0.469. The first-order valence-corrected chi connectivity index (χ1v) is 7.98. The molecule has 0 saturated carbocycles. The molecule has 0 aromatic heterocycles. The molecule has 0 heterocycles. The summed E-state index contributed by atoms with van der Waals surface area (Å²) in [5.74, 6) is 1.08. The van der Waals surface area contributed by atoms with Gasteiger partial charge >= 0.3 is 0 Å². The van der Waals surface area contributed by atoms with Crippen LogP contribution in [0, 0.1) is 0 Å². The summed E-state index contributed by atoms with van der Waals surface area (Å²) in [6, 6.07) is 11.3. The summed E-state index contributed by atoms with van der Waals surface area (Å²) in [5.41, 5.74) is 1.72. The molecule has 106 valence electrons. The van der Waals surface area contributed by atoms with E-state index in [1.807, 2.05) is 18.2 Å². The van der Waals surface area contributed by atoms with Crippen molar-refractivity contribution in [3.8, 4) is 5.75 Å². The van der Waals surface area contributed by atoms with Crippen LogP contribution in [-0.4, -0.2) is 10.9 Å². The van der Waals surface area contributed by atoms with Gasteiger partial charge in [0.1, 0.15) is 5.75 Å². The van der Waals surface area contributed by atoms with Crippen molar-refractivity contribution in [2.75, 3.05) is 11.1 Å². The number of phenols is 1. The van der Waals surface area contributed by atoms with Crippen LogP contribution in [0.4, 0.5) is 5.69 Å². The van der Waals surface area contributed by atoms with Gasteiger partial charge in [-0.25, -0.2) is 0 Å². The average molecular weight is 328 g/mol. The van der Waals surface area contributed by atoms with Gasteiger partial charge in [0.05, 0.1) is 5.02 Å². The summed E-state index contributed by atoms with van der Waals surface area (Å²) >= 11 is 13.6. The molecule has 2 aromatic carbocycles. The molecule has 0 unspecified atom stereocenters. The van der Waals surface area contributed by atoms with E-state index in [-0.39, 0.29) is 10.8 Å². The number of nitrogens with one attached hydrogen (secondary N) is 1. The first kappa shape index (κ1) is 15.4. The summed E-state index contributed by atoms with van der Waals surface area (Å²) in [4.78, 5) is 1.18. The Hall–Kier alpha value is -1.03. The lowest BCUT2D eigenvalue weighted by Crippen LogP contribution is -2.01. The Morgan fingerprint density at radius 1 is 1.20 bits per heavy atom. The number of anilines is 1. The third-order valence-electron chi connectivity index (χ3n) is 2.76. The van der Waals surface area contributed by atoms with Crippen LogP contribution in [0.15, 0.2) is 41.3 Å². The molecule has 0 amide bonds. The monoisotopic (exact) mass is 327 g/mol. The number of para-hydroxylation sites is 1. The third-order valence-corrected chi connectivity index (χ3v) is 4.23. The number of benzene rings is 2. The molecule has 2 N–H and O–H groups in total. The van der Waals surface area contributed by atoms with Gasteiger partial charge in [0, 0.05) is 27.7 Å². The normalized spacial score (nSPS) is 10.6. The fourth-order valence-electron chi connectivity index (χ4n) is 1.84. The smallest absolute Gasteiger partial charge is 0.139 e. The summed E-state index contributed by atoms with van der Waals surface area (Å²) in [5, 5.41) is 14.0. The Balaban J connectivity index is 2.17. The quantitative estimate of drug-likeness (QED) is 0.719. The average Bonchev–Trinajstić information content (AvgIpc) is 2.43. The van der Waals surface area contributed by atoms with E-state index in [1.54, 1.807) is 17.8 Å². The molecule has 20 heavy (non-hydrogen) atoms. The molecule has 0 fully saturated rings. The van der Waals surface area contributed by atoms with Gasteiger partial charge in [0.15, 0.2) is 0 Å². The van der Waals surface area contributed by atoms with Crippen molar-refractivity contribution in [2.24, 2.45) is 0 Å². The van der Waals surface area contributed by atoms with Gasteiger partial charge < -0.3 is 10.4 Å². The van der Waals surface area contributed by atoms with Crippen molar-refractivity contribution in [3.63, 3.8) is 0 Å². The Morgan fingerprint density at radius 2 is 1.95 bits per heavy atom. The molecule has 2 nitrogen and oxygen atoms in total. The minimum absolute atomic E-state index is 0.0733. The van der Waals surface area contributed by atoms with E-state index in [4.69, 9.17) is 23.2 Å². The Bertz CT molecular complexity index is 604. The fourth-order valence-corrected chi connectivity index (χ4v) is 3.16. The molecule has 0 radical (unpaired) electrons. The summed E-state index contributed by atoms with van der Waals surface area (Å²) in [7, 11) is 0. The highest BCUT2D eigenvalue weighted by Crippen LogP contribution is 2.32. The van der Waals surface area contributed by atoms with Crippen molar-refractivity contribution in [1.29, 1.82) is 0 Å². The van der Waals surface area contributed by atoms with E-state index in [2.05, 4.69) is 18.3 Å². The fraction of sp³-hybridized carbons (Fsp3) is 0.200. The molecule has 0 bridgehead atoms. The van der Waals surface area contributed by atoms with Gasteiger partial charge in [-0.1, -0.05) is 42.3 Å². The highest BCUT2D eigenvalue weighted by Gasteiger charge is 2.08. The lowest BCUT2D eigenvalue weighted by Gasteiger charge is -2.13.